The van der Waals surface area contributed by atoms with Crippen LogP contribution < -0.4 is 10.6 Å². The maximum absolute atomic E-state index is 9.01. The predicted octanol–water partition coefficient (Wildman–Crippen LogP) is 3.99. The number of nitrogens with one attached hydrogen (secondary N) is 2. The van der Waals surface area contributed by atoms with Gasteiger partial charge in [0.25, 0.3) is 0 Å². The third-order valence-corrected chi connectivity index (χ3v) is 4.11. The Hall–Kier alpha value is -2.41. The van der Waals surface area contributed by atoms with E-state index >= 15 is 0 Å². The number of aliphatic hydroxyl groups is 1. The molecule has 0 saturated carbocycles. The van der Waals surface area contributed by atoms with E-state index in [0.29, 0.717) is 39.7 Å². The number of aliphatic hydroxyl groups excluding tert-OH is 1. The summed E-state index contributed by atoms with van der Waals surface area (Å²) in [5, 5.41) is 16.0. The van der Waals surface area contributed by atoms with Crippen molar-refractivity contribution < 1.29 is 5.11 Å². The van der Waals surface area contributed by atoms with Gasteiger partial charge in [0.15, 0.2) is 0 Å². The molecule has 0 aliphatic heterocycles. The summed E-state index contributed by atoms with van der Waals surface area (Å²) in [5.41, 5.74) is 2.17. The lowest BCUT2D eigenvalue weighted by Gasteiger charge is -2.12. The molecule has 3 aromatic rings. The minimum atomic E-state index is -0.0244. The summed E-state index contributed by atoms with van der Waals surface area (Å²) in [6, 6.07) is 10.8. The van der Waals surface area contributed by atoms with Crippen LogP contribution in [0.5, 0.6) is 0 Å². The molecular formula is C17H15Cl2N5O. The van der Waals surface area contributed by atoms with Crippen molar-refractivity contribution in [1.82, 2.24) is 15.0 Å². The molecule has 0 fully saturated rings. The fourth-order valence-corrected chi connectivity index (χ4v) is 2.51. The van der Waals surface area contributed by atoms with Crippen LogP contribution in [0, 0.1) is 0 Å². The van der Waals surface area contributed by atoms with Crippen molar-refractivity contribution in [1.29, 1.82) is 0 Å². The summed E-state index contributed by atoms with van der Waals surface area (Å²) in [7, 11) is 0. The van der Waals surface area contributed by atoms with Gasteiger partial charge in [-0.3, -0.25) is 4.98 Å². The molecule has 0 radical (unpaired) electrons. The molecule has 2 aromatic heterocycles. The Balaban J connectivity index is 1.98. The molecule has 0 atom stereocenters. The molecule has 0 spiro atoms. The number of benzene rings is 1. The van der Waals surface area contributed by atoms with Gasteiger partial charge in [-0.1, -0.05) is 29.3 Å². The zero-order chi connectivity index (χ0) is 17.6. The van der Waals surface area contributed by atoms with E-state index in [-0.39, 0.29) is 6.61 Å². The topological polar surface area (TPSA) is 83.0 Å². The van der Waals surface area contributed by atoms with Crippen LogP contribution in [0.3, 0.4) is 0 Å². The molecule has 1 aromatic carbocycles. The first-order valence-corrected chi connectivity index (χ1v) is 8.28. The summed E-state index contributed by atoms with van der Waals surface area (Å²) < 4.78 is 0. The number of pyridine rings is 1. The van der Waals surface area contributed by atoms with Gasteiger partial charge in [-0.25, -0.2) is 4.98 Å². The standard InChI is InChI=1S/C17H15Cl2N5O/c18-12-4-1-5-13(16(12)19)22-15-9-14(11-3-2-6-20-10-11)23-17(24-15)21-7-8-25/h1-6,9-10,25H,7-8H2,(H2,21,22,23,24). The van der Waals surface area contributed by atoms with Crippen LogP contribution in [0.2, 0.25) is 10.0 Å². The molecule has 0 amide bonds. The molecule has 6 nitrogen and oxygen atoms in total. The zero-order valence-corrected chi connectivity index (χ0v) is 14.6. The van der Waals surface area contributed by atoms with Gasteiger partial charge in [0.1, 0.15) is 5.82 Å². The maximum Gasteiger partial charge on any atom is 0.225 e. The van der Waals surface area contributed by atoms with Crippen LogP contribution in [0.1, 0.15) is 0 Å². The summed E-state index contributed by atoms with van der Waals surface area (Å²) in [6.07, 6.45) is 3.41. The number of halogens is 2. The van der Waals surface area contributed by atoms with Crippen LogP contribution >= 0.6 is 23.2 Å². The molecule has 0 unspecified atom stereocenters. The molecule has 25 heavy (non-hydrogen) atoms. The highest BCUT2D eigenvalue weighted by Gasteiger charge is 2.10. The van der Waals surface area contributed by atoms with Crippen molar-refractivity contribution >= 4 is 40.7 Å². The van der Waals surface area contributed by atoms with E-state index in [4.69, 9.17) is 28.3 Å². The summed E-state index contributed by atoms with van der Waals surface area (Å²) in [6.45, 7) is 0.317. The molecule has 3 rings (SSSR count). The second kappa shape index (κ2) is 8.11. The lowest BCUT2D eigenvalue weighted by molar-refractivity contribution is 0.311. The quantitative estimate of drug-likeness (QED) is 0.603. The minimum Gasteiger partial charge on any atom is -0.395 e. The monoisotopic (exact) mass is 375 g/mol. The number of nitrogens with zero attached hydrogens (tertiary/aromatic N) is 3. The second-order valence-electron chi connectivity index (χ2n) is 5.08. The van der Waals surface area contributed by atoms with E-state index in [0.717, 1.165) is 5.56 Å². The SMILES string of the molecule is OCCNc1nc(Nc2cccc(Cl)c2Cl)cc(-c2cccnc2)n1. The van der Waals surface area contributed by atoms with Crippen molar-refractivity contribution in [2.75, 3.05) is 23.8 Å². The van der Waals surface area contributed by atoms with Gasteiger partial charge < -0.3 is 15.7 Å². The first-order chi connectivity index (χ1) is 12.2. The summed E-state index contributed by atoms with van der Waals surface area (Å²) in [4.78, 5) is 13.0. The Labute approximate surface area is 154 Å². The van der Waals surface area contributed by atoms with Gasteiger partial charge >= 0.3 is 0 Å². The van der Waals surface area contributed by atoms with E-state index in [1.165, 1.54) is 0 Å². The van der Waals surface area contributed by atoms with Crippen LogP contribution in [-0.4, -0.2) is 33.2 Å². The molecule has 8 heteroatoms. The van der Waals surface area contributed by atoms with Gasteiger partial charge in [-0.2, -0.15) is 4.98 Å². The normalized spacial score (nSPS) is 10.5. The Bertz CT molecular complexity index is 861. The number of rotatable bonds is 6. The van der Waals surface area contributed by atoms with Gasteiger partial charge in [0, 0.05) is 30.6 Å². The van der Waals surface area contributed by atoms with Crippen molar-refractivity contribution in [3.63, 3.8) is 0 Å². The van der Waals surface area contributed by atoms with E-state index in [9.17, 15) is 0 Å². The van der Waals surface area contributed by atoms with E-state index < -0.39 is 0 Å². The third-order valence-electron chi connectivity index (χ3n) is 3.29. The minimum absolute atomic E-state index is 0.0244. The first kappa shape index (κ1) is 17.4. The van der Waals surface area contributed by atoms with E-state index in [1.54, 1.807) is 36.7 Å². The second-order valence-corrected chi connectivity index (χ2v) is 5.87. The highest BCUT2D eigenvalue weighted by Crippen LogP contribution is 2.32. The van der Waals surface area contributed by atoms with Crippen LogP contribution in [0.25, 0.3) is 11.3 Å². The fraction of sp³-hybridized carbons (Fsp3) is 0.118. The maximum atomic E-state index is 9.01. The summed E-state index contributed by atoms with van der Waals surface area (Å²) in [5.74, 6) is 0.925. The first-order valence-electron chi connectivity index (χ1n) is 7.52. The average molecular weight is 376 g/mol. The average Bonchev–Trinajstić information content (AvgIpc) is 2.64. The molecule has 0 aliphatic rings. The van der Waals surface area contributed by atoms with Gasteiger partial charge in [0.2, 0.25) is 5.95 Å². The molecule has 0 aliphatic carbocycles. The number of anilines is 3. The number of aromatic nitrogens is 3. The molecule has 0 bridgehead atoms. The Morgan fingerprint density at radius 1 is 1.08 bits per heavy atom. The van der Waals surface area contributed by atoms with Gasteiger partial charge in [-0.15, -0.1) is 0 Å². The molecule has 0 saturated heterocycles. The molecule has 2 heterocycles. The smallest absolute Gasteiger partial charge is 0.225 e. The highest BCUT2D eigenvalue weighted by molar-refractivity contribution is 6.43. The number of hydrogen-bond donors (Lipinski definition) is 3. The Kier molecular flexibility index (Phi) is 5.65. The van der Waals surface area contributed by atoms with Crippen LogP contribution in [0.15, 0.2) is 48.8 Å². The zero-order valence-electron chi connectivity index (χ0n) is 13.1. The van der Waals surface area contributed by atoms with Crippen LogP contribution in [0.4, 0.5) is 17.5 Å². The lowest BCUT2D eigenvalue weighted by Crippen LogP contribution is -2.10. The highest BCUT2D eigenvalue weighted by atomic mass is 35.5. The predicted molar refractivity (Wildman–Crippen MR) is 101 cm³/mol. The number of hydrogen-bond acceptors (Lipinski definition) is 6. The van der Waals surface area contributed by atoms with Crippen LogP contribution in [-0.2, 0) is 0 Å². The lowest BCUT2D eigenvalue weighted by atomic mass is 10.2. The Morgan fingerprint density at radius 3 is 2.72 bits per heavy atom. The Morgan fingerprint density at radius 2 is 1.96 bits per heavy atom. The molecule has 3 N–H and O–H groups in total. The van der Waals surface area contributed by atoms with E-state index in [1.807, 2.05) is 12.1 Å². The molecular weight excluding hydrogens is 361 g/mol. The fourth-order valence-electron chi connectivity index (χ4n) is 2.16. The third kappa shape index (κ3) is 4.36. The summed E-state index contributed by atoms with van der Waals surface area (Å²) >= 11 is 12.3. The van der Waals surface area contributed by atoms with Crippen molar-refractivity contribution in [2.24, 2.45) is 0 Å². The van der Waals surface area contributed by atoms with Crippen molar-refractivity contribution in [2.45, 2.75) is 0 Å². The van der Waals surface area contributed by atoms with Gasteiger partial charge in [0.05, 0.1) is 28.0 Å². The molecule has 128 valence electrons. The van der Waals surface area contributed by atoms with E-state index in [2.05, 4.69) is 25.6 Å². The van der Waals surface area contributed by atoms with Crippen molar-refractivity contribution in [3.8, 4) is 11.3 Å². The van der Waals surface area contributed by atoms with Gasteiger partial charge in [-0.05, 0) is 24.3 Å². The van der Waals surface area contributed by atoms with Crippen molar-refractivity contribution in [3.05, 3.63) is 58.8 Å². The largest absolute Gasteiger partial charge is 0.395 e.